The van der Waals surface area contributed by atoms with Gasteiger partial charge in [-0.25, -0.2) is 4.98 Å². The molecular weight excluding hydrogens is 238 g/mol. The van der Waals surface area contributed by atoms with E-state index in [2.05, 4.69) is 17.6 Å². The Morgan fingerprint density at radius 2 is 2.05 bits per heavy atom. The van der Waals surface area contributed by atoms with Gasteiger partial charge >= 0.3 is 0 Å². The van der Waals surface area contributed by atoms with E-state index in [1.165, 1.54) is 5.52 Å². The first-order valence-corrected chi connectivity index (χ1v) is 6.88. The number of imidazole rings is 1. The quantitative estimate of drug-likeness (QED) is 0.868. The molecule has 4 nitrogen and oxygen atoms in total. The van der Waals surface area contributed by atoms with Gasteiger partial charge in [0.25, 0.3) is 0 Å². The average molecular weight is 261 g/mol. The van der Waals surface area contributed by atoms with Gasteiger partial charge in [0.05, 0.1) is 17.6 Å². The molecular formula is C15H23N3O. The molecule has 0 aliphatic rings. The molecule has 1 aromatic heterocycles. The highest BCUT2D eigenvalue weighted by Gasteiger charge is 2.23. The molecule has 19 heavy (non-hydrogen) atoms. The summed E-state index contributed by atoms with van der Waals surface area (Å²) in [6.45, 7) is 8.28. The molecule has 1 unspecified atom stereocenters. The zero-order chi connectivity index (χ0) is 13.9. The van der Waals surface area contributed by atoms with Crippen molar-refractivity contribution in [2.75, 3.05) is 13.2 Å². The van der Waals surface area contributed by atoms with Gasteiger partial charge in [-0.1, -0.05) is 12.1 Å². The van der Waals surface area contributed by atoms with Crippen molar-refractivity contribution in [2.45, 2.75) is 39.3 Å². The second kappa shape index (κ2) is 5.72. The number of para-hydroxylation sites is 2. The molecule has 4 heteroatoms. The van der Waals surface area contributed by atoms with Gasteiger partial charge in [0.1, 0.15) is 5.82 Å². The van der Waals surface area contributed by atoms with Crippen LogP contribution in [0.2, 0.25) is 0 Å². The van der Waals surface area contributed by atoms with Crippen molar-refractivity contribution in [3.63, 3.8) is 0 Å². The lowest BCUT2D eigenvalue weighted by molar-refractivity contribution is 0.100. The maximum atomic E-state index is 6.30. The summed E-state index contributed by atoms with van der Waals surface area (Å²) < 4.78 is 7.68. The van der Waals surface area contributed by atoms with Gasteiger partial charge in [-0.2, -0.15) is 0 Å². The van der Waals surface area contributed by atoms with Crippen molar-refractivity contribution in [1.82, 2.24) is 9.55 Å². The molecule has 2 N–H and O–H groups in total. The summed E-state index contributed by atoms with van der Waals surface area (Å²) in [6.07, 6.45) is 0.718. The van der Waals surface area contributed by atoms with Crippen LogP contribution in [0.25, 0.3) is 11.0 Å². The molecule has 0 radical (unpaired) electrons. The number of rotatable bonds is 6. The predicted molar refractivity (Wildman–Crippen MR) is 78.2 cm³/mol. The van der Waals surface area contributed by atoms with Crippen molar-refractivity contribution < 1.29 is 4.74 Å². The van der Waals surface area contributed by atoms with Crippen molar-refractivity contribution in [3.8, 4) is 0 Å². The number of nitrogens with zero attached hydrogens (tertiary/aromatic N) is 2. The molecule has 1 aromatic carbocycles. The van der Waals surface area contributed by atoms with Crippen LogP contribution in [0.5, 0.6) is 0 Å². The summed E-state index contributed by atoms with van der Waals surface area (Å²) in [5.74, 6) is 1.04. The largest absolute Gasteiger partial charge is 0.380 e. The molecule has 0 spiro atoms. The van der Waals surface area contributed by atoms with Gasteiger partial charge in [-0.3, -0.25) is 0 Å². The van der Waals surface area contributed by atoms with E-state index in [4.69, 9.17) is 15.5 Å². The fourth-order valence-electron chi connectivity index (χ4n) is 2.36. The number of aromatic nitrogens is 2. The van der Waals surface area contributed by atoms with E-state index in [0.717, 1.165) is 24.3 Å². The molecule has 1 heterocycles. The number of hydrogen-bond acceptors (Lipinski definition) is 3. The van der Waals surface area contributed by atoms with Gasteiger partial charge in [0.2, 0.25) is 0 Å². The Bertz CT molecular complexity index is 545. The molecule has 2 aromatic rings. The Morgan fingerprint density at radius 1 is 1.32 bits per heavy atom. The van der Waals surface area contributed by atoms with Gasteiger partial charge in [-0.15, -0.1) is 0 Å². The zero-order valence-electron chi connectivity index (χ0n) is 12.0. The molecule has 0 fully saturated rings. The Labute approximate surface area is 114 Å². The molecule has 0 aliphatic carbocycles. The number of benzene rings is 1. The highest BCUT2D eigenvalue weighted by atomic mass is 16.5. The Balaban J connectivity index is 2.29. The first-order valence-electron chi connectivity index (χ1n) is 6.88. The minimum Gasteiger partial charge on any atom is -0.380 e. The Hall–Kier alpha value is -1.39. The average Bonchev–Trinajstić information content (AvgIpc) is 2.72. The predicted octanol–water partition coefficient (Wildman–Crippen LogP) is 2.35. The highest BCUT2D eigenvalue weighted by molar-refractivity contribution is 5.75. The van der Waals surface area contributed by atoms with E-state index in [-0.39, 0.29) is 5.54 Å². The molecule has 0 saturated heterocycles. The topological polar surface area (TPSA) is 53.1 Å². The molecule has 0 amide bonds. The number of nitrogens with two attached hydrogens (primary N) is 1. The highest BCUT2D eigenvalue weighted by Crippen LogP contribution is 2.19. The lowest BCUT2D eigenvalue weighted by Crippen LogP contribution is -2.44. The number of fused-ring (bicyclic) bond motifs is 1. The summed E-state index contributed by atoms with van der Waals surface area (Å²) in [7, 11) is 0. The molecule has 0 bridgehead atoms. The van der Waals surface area contributed by atoms with Crippen LogP contribution in [-0.2, 0) is 17.7 Å². The third-order valence-corrected chi connectivity index (χ3v) is 3.25. The maximum absolute atomic E-state index is 6.30. The van der Waals surface area contributed by atoms with Crippen LogP contribution in [0.15, 0.2) is 24.3 Å². The number of ether oxygens (including phenoxy) is 1. The van der Waals surface area contributed by atoms with Crippen LogP contribution in [0.4, 0.5) is 0 Å². The fraction of sp³-hybridized carbons (Fsp3) is 0.533. The van der Waals surface area contributed by atoms with Crippen LogP contribution in [-0.4, -0.2) is 28.3 Å². The summed E-state index contributed by atoms with van der Waals surface area (Å²) in [5.41, 5.74) is 8.12. The molecule has 0 aliphatic heterocycles. The zero-order valence-corrected chi connectivity index (χ0v) is 12.0. The number of hydrogen-bond donors (Lipinski definition) is 1. The normalized spacial score (nSPS) is 14.7. The monoisotopic (exact) mass is 261 g/mol. The standard InChI is InChI=1S/C15H23N3O/c1-4-18-13-9-7-6-8-12(13)17-14(18)10-15(3,16)11-19-5-2/h6-9H,4-5,10-11,16H2,1-3H3. The smallest absolute Gasteiger partial charge is 0.111 e. The lowest BCUT2D eigenvalue weighted by Gasteiger charge is -2.24. The molecule has 0 saturated carbocycles. The van der Waals surface area contributed by atoms with E-state index < -0.39 is 0 Å². The van der Waals surface area contributed by atoms with Crippen molar-refractivity contribution in [1.29, 1.82) is 0 Å². The molecule has 2 rings (SSSR count). The summed E-state index contributed by atoms with van der Waals surface area (Å²) in [4.78, 5) is 4.70. The summed E-state index contributed by atoms with van der Waals surface area (Å²) >= 11 is 0. The number of aryl methyl sites for hydroxylation is 1. The Morgan fingerprint density at radius 3 is 2.74 bits per heavy atom. The minimum absolute atomic E-state index is 0.385. The second-order valence-corrected chi connectivity index (χ2v) is 5.23. The molecule has 1 atom stereocenters. The van der Waals surface area contributed by atoms with E-state index in [9.17, 15) is 0 Å². The Kier molecular flexibility index (Phi) is 4.22. The van der Waals surface area contributed by atoms with Crippen LogP contribution in [0.3, 0.4) is 0 Å². The second-order valence-electron chi connectivity index (χ2n) is 5.23. The van der Waals surface area contributed by atoms with Crippen molar-refractivity contribution >= 4 is 11.0 Å². The van der Waals surface area contributed by atoms with Crippen LogP contribution in [0, 0.1) is 0 Å². The van der Waals surface area contributed by atoms with Crippen molar-refractivity contribution in [3.05, 3.63) is 30.1 Å². The van der Waals surface area contributed by atoms with Gasteiger partial charge < -0.3 is 15.0 Å². The summed E-state index contributed by atoms with van der Waals surface area (Å²) in [6, 6.07) is 8.20. The van der Waals surface area contributed by atoms with Crippen molar-refractivity contribution in [2.24, 2.45) is 5.73 Å². The third kappa shape index (κ3) is 3.14. The van der Waals surface area contributed by atoms with Crippen LogP contribution < -0.4 is 5.73 Å². The lowest BCUT2D eigenvalue weighted by atomic mass is 10.0. The van der Waals surface area contributed by atoms with Gasteiger partial charge in [0.15, 0.2) is 0 Å². The van der Waals surface area contributed by atoms with Crippen LogP contribution >= 0.6 is 0 Å². The third-order valence-electron chi connectivity index (χ3n) is 3.25. The fourth-order valence-corrected chi connectivity index (χ4v) is 2.36. The maximum Gasteiger partial charge on any atom is 0.111 e. The summed E-state index contributed by atoms with van der Waals surface area (Å²) in [5, 5.41) is 0. The van der Waals surface area contributed by atoms with E-state index in [1.54, 1.807) is 0 Å². The molecule has 104 valence electrons. The SMILES string of the molecule is CCOCC(C)(N)Cc1nc2ccccc2n1CC. The first kappa shape index (κ1) is 14.0. The van der Waals surface area contributed by atoms with Crippen LogP contribution in [0.1, 0.15) is 26.6 Å². The van der Waals surface area contributed by atoms with E-state index in [0.29, 0.717) is 13.2 Å². The van der Waals surface area contributed by atoms with Gasteiger partial charge in [0, 0.05) is 25.1 Å². The first-order chi connectivity index (χ1) is 9.07. The van der Waals surface area contributed by atoms with E-state index in [1.807, 2.05) is 32.0 Å². The van der Waals surface area contributed by atoms with Gasteiger partial charge in [-0.05, 0) is 32.9 Å². The minimum atomic E-state index is -0.385. The van der Waals surface area contributed by atoms with E-state index >= 15 is 0 Å².